The van der Waals surface area contributed by atoms with Gasteiger partial charge in [0.2, 0.25) is 5.91 Å². The Morgan fingerprint density at radius 1 is 0.795 bits per heavy atom. The predicted molar refractivity (Wildman–Crippen MR) is 175 cm³/mol. The van der Waals surface area contributed by atoms with Gasteiger partial charge in [-0.15, -0.1) is 11.8 Å². The number of non-ortho nitro benzene ring substituents is 1. The van der Waals surface area contributed by atoms with E-state index in [0.29, 0.717) is 22.9 Å². The zero-order chi connectivity index (χ0) is 31.6. The number of amides is 3. The first-order valence-electron chi connectivity index (χ1n) is 13.9. The van der Waals surface area contributed by atoms with Gasteiger partial charge >= 0.3 is 0 Å². The zero-order valence-electron chi connectivity index (χ0n) is 24.4. The van der Waals surface area contributed by atoms with E-state index in [-0.39, 0.29) is 17.3 Å². The molecule has 4 aromatic rings. The van der Waals surface area contributed by atoms with Gasteiger partial charge in [-0.25, -0.2) is 0 Å². The van der Waals surface area contributed by atoms with Crippen LogP contribution in [-0.4, -0.2) is 27.9 Å². The standard InChI is InChI=1S/C34H32N4O5S/c1-22(2)25-14-12-24(13-15-25)20-31(37-33(40)26-8-5-4-6-9-26)34(41)36-28-10-7-11-30(21-28)44-23(3)32(39)35-27-16-18-29(19-17-27)38(42)43/h4-23H,1-3H3,(H,35,39)(H,36,41)(H,37,40)/b31-20+. The van der Waals surface area contributed by atoms with E-state index in [1.54, 1.807) is 55.5 Å². The van der Waals surface area contributed by atoms with Crippen LogP contribution in [0.15, 0.2) is 114 Å². The number of rotatable bonds is 11. The average molecular weight is 609 g/mol. The second-order valence-electron chi connectivity index (χ2n) is 10.2. The van der Waals surface area contributed by atoms with Crippen LogP contribution in [0.1, 0.15) is 48.2 Å². The number of thioether (sulfide) groups is 1. The summed E-state index contributed by atoms with van der Waals surface area (Å²) in [6, 6.07) is 29.1. The summed E-state index contributed by atoms with van der Waals surface area (Å²) >= 11 is 1.29. The Hall–Kier alpha value is -5.22. The number of hydrogen-bond acceptors (Lipinski definition) is 6. The third-order valence-electron chi connectivity index (χ3n) is 6.56. The first kappa shape index (κ1) is 31.7. The molecule has 1 unspecified atom stereocenters. The smallest absolute Gasteiger partial charge is 0.272 e. The highest BCUT2D eigenvalue weighted by Crippen LogP contribution is 2.27. The van der Waals surface area contributed by atoms with Crippen LogP contribution in [-0.2, 0) is 9.59 Å². The van der Waals surface area contributed by atoms with Crippen LogP contribution in [0.3, 0.4) is 0 Å². The number of nitro benzene ring substituents is 1. The van der Waals surface area contributed by atoms with E-state index >= 15 is 0 Å². The van der Waals surface area contributed by atoms with Crippen LogP contribution in [0.25, 0.3) is 6.08 Å². The van der Waals surface area contributed by atoms with Gasteiger partial charge in [-0.3, -0.25) is 24.5 Å². The predicted octanol–water partition coefficient (Wildman–Crippen LogP) is 7.25. The summed E-state index contributed by atoms with van der Waals surface area (Å²) in [7, 11) is 0. The molecule has 0 aliphatic rings. The van der Waals surface area contributed by atoms with Crippen molar-refractivity contribution < 1.29 is 19.3 Å². The molecule has 224 valence electrons. The fourth-order valence-corrected chi connectivity index (χ4v) is 5.03. The van der Waals surface area contributed by atoms with Crippen LogP contribution in [0, 0.1) is 10.1 Å². The van der Waals surface area contributed by atoms with Gasteiger partial charge in [0.25, 0.3) is 17.5 Å². The summed E-state index contributed by atoms with van der Waals surface area (Å²) in [5.41, 5.74) is 3.27. The van der Waals surface area contributed by atoms with Gasteiger partial charge in [0.15, 0.2) is 0 Å². The topological polar surface area (TPSA) is 130 Å². The zero-order valence-corrected chi connectivity index (χ0v) is 25.3. The highest BCUT2D eigenvalue weighted by Gasteiger charge is 2.18. The molecule has 1 atom stereocenters. The molecular formula is C34H32N4O5S. The number of anilines is 2. The number of carbonyl (C=O) groups is 3. The van der Waals surface area contributed by atoms with E-state index in [9.17, 15) is 24.5 Å². The Morgan fingerprint density at radius 3 is 2.11 bits per heavy atom. The van der Waals surface area contributed by atoms with Crippen molar-refractivity contribution in [2.45, 2.75) is 36.8 Å². The minimum absolute atomic E-state index is 0.0639. The van der Waals surface area contributed by atoms with Gasteiger partial charge in [0, 0.05) is 34.0 Å². The highest BCUT2D eigenvalue weighted by molar-refractivity contribution is 8.00. The summed E-state index contributed by atoms with van der Waals surface area (Å²) in [5, 5.41) is 18.7. The van der Waals surface area contributed by atoms with Crippen LogP contribution < -0.4 is 16.0 Å². The maximum absolute atomic E-state index is 13.5. The number of carbonyl (C=O) groups excluding carboxylic acids is 3. The van der Waals surface area contributed by atoms with Gasteiger partial charge in [0.1, 0.15) is 5.70 Å². The van der Waals surface area contributed by atoms with Crippen molar-refractivity contribution in [1.29, 1.82) is 0 Å². The van der Waals surface area contributed by atoms with Gasteiger partial charge in [-0.2, -0.15) is 0 Å². The van der Waals surface area contributed by atoms with E-state index in [1.165, 1.54) is 36.0 Å². The molecule has 0 saturated carbocycles. The molecule has 0 aliphatic carbocycles. The van der Waals surface area contributed by atoms with E-state index in [1.807, 2.05) is 36.4 Å². The van der Waals surface area contributed by atoms with Crippen LogP contribution in [0.2, 0.25) is 0 Å². The molecule has 4 aromatic carbocycles. The summed E-state index contributed by atoms with van der Waals surface area (Å²) in [6.07, 6.45) is 1.63. The van der Waals surface area contributed by atoms with E-state index in [0.717, 1.165) is 16.0 Å². The highest BCUT2D eigenvalue weighted by atomic mass is 32.2. The molecule has 4 rings (SSSR count). The maximum atomic E-state index is 13.5. The first-order chi connectivity index (χ1) is 21.1. The molecule has 10 heteroatoms. The van der Waals surface area contributed by atoms with Crippen molar-refractivity contribution in [1.82, 2.24) is 5.32 Å². The van der Waals surface area contributed by atoms with E-state index < -0.39 is 22.0 Å². The monoisotopic (exact) mass is 608 g/mol. The average Bonchev–Trinajstić information content (AvgIpc) is 3.01. The molecule has 0 saturated heterocycles. The van der Waals surface area contributed by atoms with Crippen LogP contribution >= 0.6 is 11.8 Å². The number of nitro groups is 1. The Bertz CT molecular complexity index is 1670. The number of benzene rings is 4. The lowest BCUT2D eigenvalue weighted by atomic mass is 10.0. The molecular weight excluding hydrogens is 576 g/mol. The van der Waals surface area contributed by atoms with Crippen molar-refractivity contribution in [2.75, 3.05) is 10.6 Å². The number of hydrogen-bond donors (Lipinski definition) is 3. The molecule has 44 heavy (non-hydrogen) atoms. The second-order valence-corrected chi connectivity index (χ2v) is 11.6. The minimum atomic E-state index is -0.509. The lowest BCUT2D eigenvalue weighted by Gasteiger charge is -2.14. The summed E-state index contributed by atoms with van der Waals surface area (Å²) in [6.45, 7) is 5.94. The molecule has 0 radical (unpaired) electrons. The van der Waals surface area contributed by atoms with Crippen molar-refractivity contribution in [2.24, 2.45) is 0 Å². The molecule has 0 aliphatic heterocycles. The minimum Gasteiger partial charge on any atom is -0.325 e. The van der Waals surface area contributed by atoms with Gasteiger partial charge in [-0.05, 0) is 72.5 Å². The summed E-state index contributed by atoms with van der Waals surface area (Å²) in [4.78, 5) is 50.3. The molecule has 3 N–H and O–H groups in total. The lowest BCUT2D eigenvalue weighted by Crippen LogP contribution is -2.30. The fourth-order valence-electron chi connectivity index (χ4n) is 4.10. The maximum Gasteiger partial charge on any atom is 0.272 e. The van der Waals surface area contributed by atoms with E-state index in [2.05, 4.69) is 29.8 Å². The van der Waals surface area contributed by atoms with Gasteiger partial charge < -0.3 is 16.0 Å². The largest absolute Gasteiger partial charge is 0.325 e. The Labute approximate surface area is 259 Å². The number of nitrogens with zero attached hydrogens (tertiary/aromatic N) is 1. The summed E-state index contributed by atoms with van der Waals surface area (Å²) < 4.78 is 0. The molecule has 3 amide bonds. The molecule has 9 nitrogen and oxygen atoms in total. The lowest BCUT2D eigenvalue weighted by molar-refractivity contribution is -0.384. The Kier molecular flexibility index (Phi) is 10.7. The normalized spacial score (nSPS) is 11.9. The summed E-state index contributed by atoms with van der Waals surface area (Å²) in [5.74, 6) is -0.846. The first-order valence-corrected chi connectivity index (χ1v) is 14.8. The van der Waals surface area contributed by atoms with Crippen molar-refractivity contribution in [3.05, 3.63) is 136 Å². The quantitative estimate of drug-likeness (QED) is 0.0712. The third-order valence-corrected chi connectivity index (χ3v) is 7.66. The SMILES string of the molecule is CC(Sc1cccc(NC(=O)/C(=C\c2ccc(C(C)C)cc2)NC(=O)c2ccccc2)c1)C(=O)Nc1ccc([N+](=O)[O-])cc1. The Morgan fingerprint density at radius 2 is 1.48 bits per heavy atom. The van der Waals surface area contributed by atoms with Crippen molar-refractivity contribution >= 4 is 52.6 Å². The molecule has 0 heterocycles. The Balaban J connectivity index is 1.47. The van der Waals surface area contributed by atoms with Crippen LogP contribution in [0.5, 0.6) is 0 Å². The second kappa shape index (κ2) is 14.8. The van der Waals surface area contributed by atoms with Crippen molar-refractivity contribution in [3.8, 4) is 0 Å². The molecule has 0 fully saturated rings. The van der Waals surface area contributed by atoms with Gasteiger partial charge in [0.05, 0.1) is 10.2 Å². The molecule has 0 spiro atoms. The molecule has 0 aromatic heterocycles. The molecule has 0 bridgehead atoms. The van der Waals surface area contributed by atoms with Crippen LogP contribution in [0.4, 0.5) is 17.1 Å². The van der Waals surface area contributed by atoms with E-state index in [4.69, 9.17) is 0 Å². The third kappa shape index (κ3) is 8.89. The number of nitrogens with one attached hydrogen (secondary N) is 3. The van der Waals surface area contributed by atoms with Gasteiger partial charge in [-0.1, -0.05) is 62.4 Å². The van der Waals surface area contributed by atoms with Crippen molar-refractivity contribution in [3.63, 3.8) is 0 Å². The fraction of sp³-hybridized carbons (Fsp3) is 0.147.